The molecule has 0 aromatic carbocycles. The molecule has 0 saturated carbocycles. The van der Waals surface area contributed by atoms with Gasteiger partial charge in [-0.2, -0.15) is 13.2 Å². The molecule has 0 spiro atoms. The minimum Gasteiger partial charge on any atom is -0.481 e. The highest BCUT2D eigenvalue weighted by Crippen LogP contribution is 2.27. The van der Waals surface area contributed by atoms with Crippen LogP contribution in [0.25, 0.3) is 0 Å². The Labute approximate surface area is 162 Å². The van der Waals surface area contributed by atoms with Gasteiger partial charge < -0.3 is 20.6 Å². The Morgan fingerprint density at radius 2 is 1.89 bits per heavy atom. The van der Waals surface area contributed by atoms with Crippen molar-refractivity contribution in [3.05, 3.63) is 0 Å². The molecule has 2 rings (SSSR count). The number of piperidine rings is 2. The Morgan fingerprint density at radius 1 is 1.21 bits per heavy atom. The van der Waals surface area contributed by atoms with E-state index in [0.717, 1.165) is 45.2 Å². The van der Waals surface area contributed by atoms with E-state index in [1.54, 1.807) is 5.32 Å². The first-order valence-corrected chi connectivity index (χ1v) is 9.74. The lowest BCUT2D eigenvalue weighted by atomic mass is 9.86. The van der Waals surface area contributed by atoms with Crippen LogP contribution < -0.4 is 10.6 Å². The number of nitrogens with one attached hydrogen (secondary N) is 2. The summed E-state index contributed by atoms with van der Waals surface area (Å²) < 4.78 is 38.6. The SMILES string of the molecule is O=C(O)CC(NC(=O)CN1CCCC(CCC2CCNCC2)C1=O)C(F)(F)F. The van der Waals surface area contributed by atoms with Crippen molar-refractivity contribution in [2.45, 2.75) is 57.2 Å². The van der Waals surface area contributed by atoms with Crippen LogP contribution in [0, 0.1) is 11.8 Å². The van der Waals surface area contributed by atoms with Gasteiger partial charge in [-0.1, -0.05) is 0 Å². The number of carbonyl (C=O) groups excluding carboxylic acids is 2. The van der Waals surface area contributed by atoms with Crippen molar-refractivity contribution < 1.29 is 32.7 Å². The van der Waals surface area contributed by atoms with E-state index in [4.69, 9.17) is 5.11 Å². The van der Waals surface area contributed by atoms with Crippen LogP contribution in [0.15, 0.2) is 0 Å². The number of likely N-dealkylation sites (tertiary alicyclic amines) is 1. The van der Waals surface area contributed by atoms with Gasteiger partial charge in [-0.25, -0.2) is 0 Å². The summed E-state index contributed by atoms with van der Waals surface area (Å²) in [5.74, 6) is -2.46. The number of carbonyl (C=O) groups is 3. The normalized spacial score (nSPS) is 22.8. The number of nitrogens with zero attached hydrogens (tertiary/aromatic N) is 1. The van der Waals surface area contributed by atoms with Gasteiger partial charge in [0.2, 0.25) is 11.8 Å². The van der Waals surface area contributed by atoms with E-state index in [1.807, 2.05) is 0 Å². The Balaban J connectivity index is 1.85. The van der Waals surface area contributed by atoms with Crippen LogP contribution in [0.4, 0.5) is 13.2 Å². The van der Waals surface area contributed by atoms with Crippen LogP contribution in [-0.2, 0) is 14.4 Å². The first-order valence-electron chi connectivity index (χ1n) is 9.74. The molecule has 0 aromatic rings. The number of carboxylic acid groups (broad SMARTS) is 1. The number of hydrogen-bond acceptors (Lipinski definition) is 4. The fraction of sp³-hybridized carbons (Fsp3) is 0.833. The first-order chi connectivity index (χ1) is 13.2. The molecule has 2 aliphatic heterocycles. The smallest absolute Gasteiger partial charge is 0.409 e. The van der Waals surface area contributed by atoms with Crippen molar-refractivity contribution in [3.63, 3.8) is 0 Å². The van der Waals surface area contributed by atoms with Gasteiger partial charge in [0.05, 0.1) is 13.0 Å². The lowest BCUT2D eigenvalue weighted by molar-refractivity contribution is -0.170. The van der Waals surface area contributed by atoms with Gasteiger partial charge >= 0.3 is 12.1 Å². The molecule has 2 unspecified atom stereocenters. The van der Waals surface area contributed by atoms with Crippen LogP contribution in [0.2, 0.25) is 0 Å². The zero-order valence-electron chi connectivity index (χ0n) is 15.8. The fourth-order valence-electron chi connectivity index (χ4n) is 3.89. The number of aliphatic carboxylic acids is 1. The number of amides is 2. The molecule has 28 heavy (non-hydrogen) atoms. The molecule has 0 radical (unpaired) electrons. The van der Waals surface area contributed by atoms with Gasteiger partial charge in [-0.3, -0.25) is 14.4 Å². The van der Waals surface area contributed by atoms with E-state index >= 15 is 0 Å². The minimum absolute atomic E-state index is 0.197. The Hall–Kier alpha value is -1.84. The number of rotatable bonds is 8. The molecule has 2 fully saturated rings. The zero-order valence-corrected chi connectivity index (χ0v) is 15.8. The predicted octanol–water partition coefficient (Wildman–Crippen LogP) is 1.53. The average Bonchev–Trinajstić information content (AvgIpc) is 2.61. The molecule has 2 atom stereocenters. The minimum atomic E-state index is -4.86. The maximum Gasteiger partial charge on any atom is 0.409 e. The van der Waals surface area contributed by atoms with Gasteiger partial charge in [-0.05, 0) is 57.5 Å². The monoisotopic (exact) mass is 407 g/mol. The molecular formula is C18H28F3N3O4. The third-order valence-electron chi connectivity index (χ3n) is 5.47. The summed E-state index contributed by atoms with van der Waals surface area (Å²) in [6, 6.07) is -2.46. The van der Waals surface area contributed by atoms with Crippen molar-refractivity contribution in [1.82, 2.24) is 15.5 Å². The topological polar surface area (TPSA) is 98.7 Å². The molecule has 10 heteroatoms. The van der Waals surface area contributed by atoms with Crippen molar-refractivity contribution >= 4 is 17.8 Å². The molecule has 0 aromatic heterocycles. The van der Waals surface area contributed by atoms with Gasteiger partial charge in [0.1, 0.15) is 6.04 Å². The highest BCUT2D eigenvalue weighted by atomic mass is 19.4. The Bertz CT molecular complexity index is 565. The maximum absolute atomic E-state index is 12.9. The van der Waals surface area contributed by atoms with E-state index in [0.29, 0.717) is 18.9 Å². The quantitative estimate of drug-likeness (QED) is 0.567. The molecule has 3 N–H and O–H groups in total. The second kappa shape index (κ2) is 10.1. The number of hydrogen-bond donors (Lipinski definition) is 3. The number of alkyl halides is 3. The van der Waals surface area contributed by atoms with Crippen LogP contribution in [0.1, 0.15) is 44.9 Å². The van der Waals surface area contributed by atoms with Crippen LogP contribution in [0.5, 0.6) is 0 Å². The van der Waals surface area contributed by atoms with E-state index in [9.17, 15) is 27.6 Å². The second-order valence-electron chi connectivity index (χ2n) is 7.63. The Kier molecular flexibility index (Phi) is 8.09. The summed E-state index contributed by atoms with van der Waals surface area (Å²) in [6.07, 6.45) is -0.858. The van der Waals surface area contributed by atoms with E-state index in [-0.39, 0.29) is 11.8 Å². The van der Waals surface area contributed by atoms with E-state index in [1.165, 1.54) is 4.90 Å². The third-order valence-corrected chi connectivity index (χ3v) is 5.47. The average molecular weight is 407 g/mol. The van der Waals surface area contributed by atoms with Gasteiger partial charge in [0, 0.05) is 12.5 Å². The molecular weight excluding hydrogens is 379 g/mol. The van der Waals surface area contributed by atoms with Gasteiger partial charge in [0.25, 0.3) is 0 Å². The van der Waals surface area contributed by atoms with Crippen molar-refractivity contribution in [3.8, 4) is 0 Å². The molecule has 2 heterocycles. The maximum atomic E-state index is 12.9. The van der Waals surface area contributed by atoms with Crippen LogP contribution >= 0.6 is 0 Å². The van der Waals surface area contributed by atoms with Crippen LogP contribution in [0.3, 0.4) is 0 Å². The van der Waals surface area contributed by atoms with Gasteiger partial charge in [-0.15, -0.1) is 0 Å². The summed E-state index contributed by atoms with van der Waals surface area (Å²) in [4.78, 5) is 36.5. The predicted molar refractivity (Wildman–Crippen MR) is 94.4 cm³/mol. The van der Waals surface area contributed by atoms with Crippen molar-refractivity contribution in [2.75, 3.05) is 26.2 Å². The molecule has 2 saturated heterocycles. The lowest BCUT2D eigenvalue weighted by Crippen LogP contribution is -2.52. The first kappa shape index (κ1) is 22.4. The highest BCUT2D eigenvalue weighted by Gasteiger charge is 2.42. The molecule has 160 valence electrons. The largest absolute Gasteiger partial charge is 0.481 e. The summed E-state index contributed by atoms with van der Waals surface area (Å²) in [6.45, 7) is 1.80. The van der Waals surface area contributed by atoms with Crippen molar-refractivity contribution in [2.24, 2.45) is 11.8 Å². The summed E-state index contributed by atoms with van der Waals surface area (Å²) in [5, 5.41) is 13.6. The lowest BCUT2D eigenvalue weighted by Gasteiger charge is -2.33. The summed E-state index contributed by atoms with van der Waals surface area (Å²) in [7, 11) is 0. The Morgan fingerprint density at radius 3 is 2.50 bits per heavy atom. The molecule has 2 aliphatic rings. The van der Waals surface area contributed by atoms with E-state index in [2.05, 4.69) is 5.32 Å². The standard InChI is InChI=1S/C18H28F3N3O4/c19-18(20,21)14(10-16(26)27)23-15(25)11-24-9-1-2-13(17(24)28)4-3-12-5-7-22-8-6-12/h12-14,22H,1-11H2,(H,23,25)(H,26,27). The number of carboxylic acids is 1. The molecule has 0 bridgehead atoms. The molecule has 0 aliphatic carbocycles. The summed E-state index contributed by atoms with van der Waals surface area (Å²) >= 11 is 0. The highest BCUT2D eigenvalue weighted by molar-refractivity contribution is 5.86. The number of halogens is 3. The second-order valence-corrected chi connectivity index (χ2v) is 7.63. The van der Waals surface area contributed by atoms with Gasteiger partial charge in [0.15, 0.2) is 0 Å². The van der Waals surface area contributed by atoms with E-state index < -0.39 is 37.1 Å². The van der Waals surface area contributed by atoms with Crippen molar-refractivity contribution in [1.29, 1.82) is 0 Å². The summed E-state index contributed by atoms with van der Waals surface area (Å²) in [5.41, 5.74) is 0. The molecule has 2 amide bonds. The van der Waals surface area contributed by atoms with Crippen LogP contribution in [-0.4, -0.2) is 66.2 Å². The zero-order chi connectivity index (χ0) is 20.7. The third kappa shape index (κ3) is 6.96. The fourth-order valence-corrected chi connectivity index (χ4v) is 3.89. The molecule has 7 nitrogen and oxygen atoms in total.